The first-order valence-corrected chi connectivity index (χ1v) is 8.28. The molecule has 3 aromatic rings. The van der Waals surface area contributed by atoms with Gasteiger partial charge in [-0.3, -0.25) is 9.78 Å². The van der Waals surface area contributed by atoms with E-state index in [1.54, 1.807) is 31.5 Å². The molecule has 4 rings (SSSR count). The number of amides is 1. The van der Waals surface area contributed by atoms with Gasteiger partial charge in [0, 0.05) is 22.8 Å². The summed E-state index contributed by atoms with van der Waals surface area (Å²) in [7, 11) is 0. The van der Waals surface area contributed by atoms with Crippen LogP contribution < -0.4 is 5.32 Å². The molecule has 0 bridgehead atoms. The maximum absolute atomic E-state index is 12.5. The molecule has 0 atom stereocenters. The Kier molecular flexibility index (Phi) is 3.83. The van der Waals surface area contributed by atoms with Crippen LogP contribution in [0.5, 0.6) is 0 Å². The van der Waals surface area contributed by atoms with E-state index < -0.39 is 0 Å². The second-order valence-electron chi connectivity index (χ2n) is 5.35. The molecule has 0 radical (unpaired) electrons. The molecule has 24 heavy (non-hydrogen) atoms. The van der Waals surface area contributed by atoms with E-state index in [0.717, 1.165) is 22.4 Å². The number of aromatic nitrogens is 3. The van der Waals surface area contributed by atoms with Gasteiger partial charge in [-0.05, 0) is 31.0 Å². The maximum atomic E-state index is 12.5. The topological polar surface area (TPSA) is 90.1 Å². The van der Waals surface area contributed by atoms with Crippen molar-refractivity contribution in [3.05, 3.63) is 46.4 Å². The predicted octanol–water partition coefficient (Wildman–Crippen LogP) is 2.83. The number of carbonyl (C=O) groups excluding carboxylic acids is 1. The Labute approximate surface area is 141 Å². The zero-order valence-electron chi connectivity index (χ0n) is 12.9. The molecule has 1 aliphatic heterocycles. The minimum atomic E-state index is -0.200. The average Bonchev–Trinajstić information content (AvgIpc) is 3.18. The summed E-state index contributed by atoms with van der Waals surface area (Å²) in [6, 6.07) is 3.34. The molecule has 1 N–H and O–H groups in total. The number of carbonyl (C=O) groups is 1. The zero-order chi connectivity index (χ0) is 16.5. The van der Waals surface area contributed by atoms with Crippen LogP contribution in [0.15, 0.2) is 29.0 Å². The van der Waals surface area contributed by atoms with Crippen LogP contribution in [0, 0.1) is 6.92 Å². The van der Waals surface area contributed by atoms with Gasteiger partial charge in [0.1, 0.15) is 5.00 Å². The van der Waals surface area contributed by atoms with Crippen LogP contribution in [0.1, 0.15) is 26.6 Å². The first-order chi connectivity index (χ1) is 11.7. The smallest absolute Gasteiger partial charge is 0.261 e. The van der Waals surface area contributed by atoms with Gasteiger partial charge in [0.2, 0.25) is 0 Å². The molecule has 0 unspecified atom stereocenters. The molecule has 0 saturated carbocycles. The van der Waals surface area contributed by atoms with Gasteiger partial charge < -0.3 is 14.6 Å². The molecular formula is C16H14N4O3S. The lowest BCUT2D eigenvalue weighted by Crippen LogP contribution is -2.12. The van der Waals surface area contributed by atoms with E-state index in [2.05, 4.69) is 20.4 Å². The van der Waals surface area contributed by atoms with E-state index in [1.807, 2.05) is 0 Å². The highest BCUT2D eigenvalue weighted by Crippen LogP contribution is 2.42. The van der Waals surface area contributed by atoms with Crippen molar-refractivity contribution >= 4 is 22.2 Å². The predicted molar refractivity (Wildman–Crippen MR) is 87.9 cm³/mol. The third kappa shape index (κ3) is 2.70. The molecule has 3 aromatic heterocycles. The molecule has 0 aromatic carbocycles. The number of thiophene rings is 1. The highest BCUT2D eigenvalue weighted by Gasteiger charge is 2.26. The molecule has 8 heteroatoms. The Bertz CT molecular complexity index is 888. The van der Waals surface area contributed by atoms with Crippen LogP contribution in [0.3, 0.4) is 0 Å². The highest BCUT2D eigenvalue weighted by atomic mass is 32.1. The molecular weight excluding hydrogens is 328 g/mol. The number of hydrogen-bond donors (Lipinski definition) is 1. The second kappa shape index (κ2) is 6.14. The summed E-state index contributed by atoms with van der Waals surface area (Å²) in [6.45, 7) is 2.94. The SMILES string of the molecule is Cc1noc(-c2c(NC(=O)c3ccncc3)sc3c2CCOC3)n1. The number of rotatable bonds is 3. The number of ether oxygens (including phenoxy) is 1. The number of pyridine rings is 1. The fourth-order valence-electron chi connectivity index (χ4n) is 2.62. The van der Waals surface area contributed by atoms with Crippen molar-refractivity contribution in [3.63, 3.8) is 0 Å². The lowest BCUT2D eigenvalue weighted by molar-refractivity contribution is 0.102. The quantitative estimate of drug-likeness (QED) is 0.787. The largest absolute Gasteiger partial charge is 0.376 e. The van der Waals surface area contributed by atoms with Crippen LogP contribution >= 0.6 is 11.3 Å². The number of nitrogens with zero attached hydrogens (tertiary/aromatic N) is 3. The van der Waals surface area contributed by atoms with Crippen LogP contribution in [-0.2, 0) is 17.8 Å². The molecule has 0 aliphatic carbocycles. The Morgan fingerprint density at radius 2 is 2.17 bits per heavy atom. The molecule has 0 fully saturated rings. The van der Waals surface area contributed by atoms with Gasteiger partial charge in [-0.1, -0.05) is 5.16 Å². The monoisotopic (exact) mass is 342 g/mol. The number of nitrogens with one attached hydrogen (secondary N) is 1. The van der Waals surface area contributed by atoms with Crippen LogP contribution in [0.25, 0.3) is 11.5 Å². The fraction of sp³-hybridized carbons (Fsp3) is 0.250. The molecule has 7 nitrogen and oxygen atoms in total. The number of fused-ring (bicyclic) bond motifs is 1. The van der Waals surface area contributed by atoms with Gasteiger partial charge in [0.05, 0.1) is 18.8 Å². The highest BCUT2D eigenvalue weighted by molar-refractivity contribution is 7.17. The summed E-state index contributed by atoms with van der Waals surface area (Å²) in [5.74, 6) is 0.787. The first kappa shape index (κ1) is 15.0. The summed E-state index contributed by atoms with van der Waals surface area (Å²) in [4.78, 5) is 21.8. The summed E-state index contributed by atoms with van der Waals surface area (Å²) in [5.41, 5.74) is 2.46. The molecule has 0 spiro atoms. The van der Waals surface area contributed by atoms with Gasteiger partial charge in [-0.25, -0.2) is 0 Å². The van der Waals surface area contributed by atoms with E-state index in [4.69, 9.17) is 9.26 Å². The van der Waals surface area contributed by atoms with E-state index >= 15 is 0 Å². The third-order valence-electron chi connectivity index (χ3n) is 3.73. The Balaban J connectivity index is 1.75. The normalized spacial score (nSPS) is 13.5. The van der Waals surface area contributed by atoms with Crippen molar-refractivity contribution in [3.8, 4) is 11.5 Å². The molecule has 4 heterocycles. The summed E-state index contributed by atoms with van der Waals surface area (Å²) < 4.78 is 10.9. The van der Waals surface area contributed by atoms with Gasteiger partial charge in [-0.2, -0.15) is 4.98 Å². The Morgan fingerprint density at radius 1 is 1.33 bits per heavy atom. The lowest BCUT2D eigenvalue weighted by Gasteiger charge is -2.12. The standard InChI is InChI=1S/C16H14N4O3S/c1-9-18-15(23-20-9)13-11-4-7-22-8-12(11)24-16(13)19-14(21)10-2-5-17-6-3-10/h2-3,5-6H,4,7-8H2,1H3,(H,19,21). The number of anilines is 1. The van der Waals surface area contributed by atoms with Crippen molar-refractivity contribution in [2.45, 2.75) is 20.0 Å². The second-order valence-corrected chi connectivity index (χ2v) is 6.45. The zero-order valence-corrected chi connectivity index (χ0v) is 13.7. The third-order valence-corrected chi connectivity index (χ3v) is 4.85. The average molecular weight is 342 g/mol. The summed E-state index contributed by atoms with van der Waals surface area (Å²) >= 11 is 1.49. The van der Waals surface area contributed by atoms with Crippen LogP contribution in [0.2, 0.25) is 0 Å². The van der Waals surface area contributed by atoms with Crippen molar-refractivity contribution in [1.82, 2.24) is 15.1 Å². The summed E-state index contributed by atoms with van der Waals surface area (Å²) in [5, 5.41) is 7.53. The van der Waals surface area contributed by atoms with Crippen molar-refractivity contribution in [2.75, 3.05) is 11.9 Å². The lowest BCUT2D eigenvalue weighted by atomic mass is 10.1. The first-order valence-electron chi connectivity index (χ1n) is 7.46. The van der Waals surface area contributed by atoms with E-state index in [-0.39, 0.29) is 5.91 Å². The van der Waals surface area contributed by atoms with Gasteiger partial charge in [0.15, 0.2) is 5.82 Å². The van der Waals surface area contributed by atoms with Crippen LogP contribution in [0.4, 0.5) is 5.00 Å². The van der Waals surface area contributed by atoms with Gasteiger partial charge in [0.25, 0.3) is 11.8 Å². The fourth-order valence-corrected chi connectivity index (χ4v) is 3.80. The van der Waals surface area contributed by atoms with Gasteiger partial charge >= 0.3 is 0 Å². The minimum absolute atomic E-state index is 0.200. The van der Waals surface area contributed by atoms with Gasteiger partial charge in [-0.15, -0.1) is 11.3 Å². The van der Waals surface area contributed by atoms with Crippen molar-refractivity contribution < 1.29 is 14.1 Å². The van der Waals surface area contributed by atoms with Crippen molar-refractivity contribution in [2.24, 2.45) is 0 Å². The molecule has 1 amide bonds. The van der Waals surface area contributed by atoms with E-state index in [1.165, 1.54) is 11.3 Å². The number of aryl methyl sites for hydroxylation is 1. The summed E-state index contributed by atoms with van der Waals surface area (Å²) in [6.07, 6.45) is 3.93. The Hall–Kier alpha value is -2.58. The molecule has 122 valence electrons. The van der Waals surface area contributed by atoms with E-state index in [0.29, 0.717) is 35.5 Å². The maximum Gasteiger partial charge on any atom is 0.261 e. The molecule has 1 aliphatic rings. The van der Waals surface area contributed by atoms with E-state index in [9.17, 15) is 4.79 Å². The van der Waals surface area contributed by atoms with Crippen molar-refractivity contribution in [1.29, 1.82) is 0 Å². The minimum Gasteiger partial charge on any atom is -0.376 e. The number of hydrogen-bond acceptors (Lipinski definition) is 7. The van der Waals surface area contributed by atoms with Crippen LogP contribution in [-0.4, -0.2) is 27.6 Å². The molecule has 0 saturated heterocycles. The Morgan fingerprint density at radius 3 is 2.92 bits per heavy atom.